The molecule has 0 aliphatic rings. The van der Waals surface area contributed by atoms with Gasteiger partial charge in [0.2, 0.25) is 0 Å². The molecule has 1 nitrogen and oxygen atoms in total. The van der Waals surface area contributed by atoms with Gasteiger partial charge >= 0.3 is 0 Å². The Kier molecular flexibility index (Phi) is 7.07. The topological polar surface area (TPSA) is 26.0 Å². The minimum atomic E-state index is 0.946. The molecule has 1 heteroatoms. The first-order valence-electron chi connectivity index (χ1n) is 15.0. The maximum absolute atomic E-state index is 5.83. The van der Waals surface area contributed by atoms with Gasteiger partial charge in [0.05, 0.1) is 0 Å². The summed E-state index contributed by atoms with van der Waals surface area (Å²) in [4.78, 5) is 0. The molecule has 0 amide bonds. The van der Waals surface area contributed by atoms with E-state index in [1.54, 1.807) is 6.20 Å². The van der Waals surface area contributed by atoms with Gasteiger partial charge in [0, 0.05) is 0 Å². The van der Waals surface area contributed by atoms with E-state index in [0.29, 0.717) is 0 Å². The summed E-state index contributed by atoms with van der Waals surface area (Å²) in [6, 6.07) is 50.7. The molecule has 0 aliphatic heterocycles. The maximum Gasteiger partial charge on any atom is -0.00201 e. The highest BCUT2D eigenvalue weighted by Crippen LogP contribution is 2.46. The van der Waals surface area contributed by atoms with E-state index < -0.39 is 0 Å². The van der Waals surface area contributed by atoms with Crippen molar-refractivity contribution < 1.29 is 0 Å². The van der Waals surface area contributed by atoms with Crippen LogP contribution < -0.4 is 5.73 Å². The summed E-state index contributed by atoms with van der Waals surface area (Å²) in [7, 11) is 0. The average molecular weight is 552 g/mol. The quantitative estimate of drug-likeness (QED) is 0.161. The summed E-state index contributed by atoms with van der Waals surface area (Å²) in [5.41, 5.74) is 15.6. The highest BCUT2D eigenvalue weighted by molar-refractivity contribution is 6.24. The summed E-state index contributed by atoms with van der Waals surface area (Å²) < 4.78 is 0. The van der Waals surface area contributed by atoms with Crippen LogP contribution in [0.25, 0.3) is 71.3 Å². The SMILES string of the molecule is CC/C=C(\C=C/N)c1cccc(-c2c3ccccc3c(-c3ccc(-c4ccccc4)c4ccccc34)c3ccccc23)c1. The monoisotopic (exact) mass is 551 g/mol. The van der Waals surface area contributed by atoms with E-state index in [0.717, 1.165) is 12.0 Å². The largest absolute Gasteiger partial charge is 0.405 e. The van der Waals surface area contributed by atoms with Crippen LogP contribution in [0.4, 0.5) is 0 Å². The van der Waals surface area contributed by atoms with Crippen molar-refractivity contribution in [1.29, 1.82) is 0 Å². The molecule has 0 heterocycles. The fraction of sp³-hybridized carbons (Fsp3) is 0.0476. The summed E-state index contributed by atoms with van der Waals surface area (Å²) in [5, 5.41) is 7.53. The molecule has 0 saturated carbocycles. The van der Waals surface area contributed by atoms with Crippen LogP contribution in [-0.4, -0.2) is 0 Å². The molecular weight excluding hydrogens is 518 g/mol. The average Bonchev–Trinajstić information content (AvgIpc) is 3.07. The van der Waals surface area contributed by atoms with Gasteiger partial charge in [-0.2, -0.15) is 0 Å². The lowest BCUT2D eigenvalue weighted by atomic mass is 9.83. The second kappa shape index (κ2) is 11.5. The predicted molar refractivity (Wildman–Crippen MR) is 187 cm³/mol. The molecule has 2 N–H and O–H groups in total. The van der Waals surface area contributed by atoms with Gasteiger partial charge in [-0.1, -0.05) is 146 Å². The van der Waals surface area contributed by atoms with Gasteiger partial charge < -0.3 is 5.73 Å². The molecule has 7 aromatic carbocycles. The second-order valence-corrected chi connectivity index (χ2v) is 10.9. The first-order chi connectivity index (χ1) is 21.3. The van der Waals surface area contributed by atoms with Crippen molar-refractivity contribution in [1.82, 2.24) is 0 Å². The van der Waals surface area contributed by atoms with Crippen LogP contribution in [0.5, 0.6) is 0 Å². The number of allylic oxidation sites excluding steroid dienone is 3. The van der Waals surface area contributed by atoms with E-state index in [1.165, 1.54) is 71.3 Å². The summed E-state index contributed by atoms with van der Waals surface area (Å²) >= 11 is 0. The van der Waals surface area contributed by atoms with Gasteiger partial charge in [-0.25, -0.2) is 0 Å². The molecule has 7 rings (SSSR count). The van der Waals surface area contributed by atoms with Gasteiger partial charge in [-0.05, 0) is 102 Å². The third kappa shape index (κ3) is 4.70. The molecule has 0 aliphatic carbocycles. The Hall–Kier alpha value is -5.40. The molecule has 0 saturated heterocycles. The predicted octanol–water partition coefficient (Wildman–Crippen LogP) is 11.4. The van der Waals surface area contributed by atoms with Crippen molar-refractivity contribution >= 4 is 37.9 Å². The molecule has 206 valence electrons. The zero-order chi connectivity index (χ0) is 29.2. The molecule has 0 fully saturated rings. The van der Waals surface area contributed by atoms with Crippen molar-refractivity contribution in [2.24, 2.45) is 5.73 Å². The smallest absolute Gasteiger partial charge is 0.00201 e. The van der Waals surface area contributed by atoms with Gasteiger partial charge in [0.1, 0.15) is 0 Å². The molecular formula is C42H33N. The van der Waals surface area contributed by atoms with Crippen LogP contribution >= 0.6 is 0 Å². The number of rotatable bonds is 6. The van der Waals surface area contributed by atoms with E-state index in [2.05, 4.69) is 153 Å². The number of hydrogen-bond donors (Lipinski definition) is 1. The molecule has 0 atom stereocenters. The van der Waals surface area contributed by atoms with Crippen molar-refractivity contribution in [3.63, 3.8) is 0 Å². The van der Waals surface area contributed by atoms with Crippen LogP contribution in [-0.2, 0) is 0 Å². The molecule has 0 unspecified atom stereocenters. The maximum atomic E-state index is 5.83. The molecule has 0 spiro atoms. The Balaban J connectivity index is 1.54. The van der Waals surface area contributed by atoms with Crippen molar-refractivity contribution in [3.05, 3.63) is 163 Å². The number of fused-ring (bicyclic) bond motifs is 3. The van der Waals surface area contributed by atoms with Crippen molar-refractivity contribution in [2.45, 2.75) is 13.3 Å². The molecule has 0 radical (unpaired) electrons. The van der Waals surface area contributed by atoms with Crippen LogP contribution in [0, 0.1) is 0 Å². The van der Waals surface area contributed by atoms with E-state index in [9.17, 15) is 0 Å². The Morgan fingerprint density at radius 2 is 1.02 bits per heavy atom. The zero-order valence-electron chi connectivity index (χ0n) is 24.3. The highest BCUT2D eigenvalue weighted by Gasteiger charge is 2.19. The van der Waals surface area contributed by atoms with Crippen LogP contribution in [0.15, 0.2) is 158 Å². The molecule has 7 aromatic rings. The van der Waals surface area contributed by atoms with E-state index in [-0.39, 0.29) is 0 Å². The highest BCUT2D eigenvalue weighted by atomic mass is 14.5. The lowest BCUT2D eigenvalue weighted by Crippen LogP contribution is -1.93. The Bertz CT molecular complexity index is 2110. The summed E-state index contributed by atoms with van der Waals surface area (Å²) in [6.07, 6.45) is 6.79. The number of benzene rings is 7. The van der Waals surface area contributed by atoms with Gasteiger partial charge in [-0.3, -0.25) is 0 Å². The summed E-state index contributed by atoms with van der Waals surface area (Å²) in [5.74, 6) is 0. The zero-order valence-corrected chi connectivity index (χ0v) is 24.3. The summed E-state index contributed by atoms with van der Waals surface area (Å²) in [6.45, 7) is 2.16. The number of hydrogen-bond acceptors (Lipinski definition) is 1. The van der Waals surface area contributed by atoms with Crippen molar-refractivity contribution in [2.75, 3.05) is 0 Å². The van der Waals surface area contributed by atoms with E-state index >= 15 is 0 Å². The third-order valence-electron chi connectivity index (χ3n) is 8.39. The lowest BCUT2D eigenvalue weighted by molar-refractivity contribution is 1.23. The van der Waals surface area contributed by atoms with Crippen molar-refractivity contribution in [3.8, 4) is 33.4 Å². The Morgan fingerprint density at radius 3 is 1.63 bits per heavy atom. The number of nitrogens with two attached hydrogens (primary N) is 1. The van der Waals surface area contributed by atoms with E-state index in [4.69, 9.17) is 5.73 Å². The Labute approximate surface area is 253 Å². The normalized spacial score (nSPS) is 12.1. The van der Waals surface area contributed by atoms with Crippen LogP contribution in [0.3, 0.4) is 0 Å². The van der Waals surface area contributed by atoms with Gasteiger partial charge in [0.15, 0.2) is 0 Å². The van der Waals surface area contributed by atoms with Crippen LogP contribution in [0.1, 0.15) is 18.9 Å². The minimum Gasteiger partial charge on any atom is -0.405 e. The standard InChI is InChI=1S/C42H33N/c1-2-13-29(26-27-43)31-16-12-17-32(28-31)41-36-20-8-10-22-38(36)42(39-23-11-9-21-37(39)41)40-25-24-33(30-14-4-3-5-15-30)34-18-6-7-19-35(34)40/h3-28H,2,43H2,1H3/b27-26-,29-13+. The van der Waals surface area contributed by atoms with Crippen LogP contribution in [0.2, 0.25) is 0 Å². The molecule has 43 heavy (non-hydrogen) atoms. The van der Waals surface area contributed by atoms with E-state index in [1.807, 2.05) is 6.08 Å². The fourth-order valence-electron chi connectivity index (χ4n) is 6.58. The lowest BCUT2D eigenvalue weighted by Gasteiger charge is -2.20. The third-order valence-corrected chi connectivity index (χ3v) is 8.39. The fourth-order valence-corrected chi connectivity index (χ4v) is 6.58. The second-order valence-electron chi connectivity index (χ2n) is 10.9. The first-order valence-corrected chi connectivity index (χ1v) is 15.0. The Morgan fingerprint density at radius 1 is 0.512 bits per heavy atom. The first kappa shape index (κ1) is 26.5. The van der Waals surface area contributed by atoms with Gasteiger partial charge in [0.25, 0.3) is 0 Å². The molecule has 0 aromatic heterocycles. The van der Waals surface area contributed by atoms with Gasteiger partial charge in [-0.15, -0.1) is 0 Å². The molecule has 0 bridgehead atoms. The minimum absolute atomic E-state index is 0.946.